The summed E-state index contributed by atoms with van der Waals surface area (Å²) in [6.07, 6.45) is 5.29. The normalized spacial score (nSPS) is 14.9. The predicted molar refractivity (Wildman–Crippen MR) is 95.8 cm³/mol. The lowest BCUT2D eigenvalue weighted by Crippen LogP contribution is -2.34. The lowest BCUT2D eigenvalue weighted by atomic mass is 9.92. The average Bonchev–Trinajstić information content (AvgIpc) is 2.63. The Balaban J connectivity index is 2.18. The Labute approximate surface area is 146 Å². The molecule has 5 heteroatoms. The van der Waals surface area contributed by atoms with Crippen molar-refractivity contribution >= 4 is 23.3 Å². The van der Waals surface area contributed by atoms with Crippen LogP contribution in [0.3, 0.4) is 0 Å². The van der Waals surface area contributed by atoms with E-state index in [1.54, 1.807) is 12.1 Å². The first kappa shape index (κ1) is 17.0. The minimum absolute atomic E-state index is 0.149. The fourth-order valence-corrected chi connectivity index (χ4v) is 3.62. The van der Waals surface area contributed by atoms with Crippen molar-refractivity contribution in [2.75, 3.05) is 4.90 Å². The van der Waals surface area contributed by atoms with Crippen LogP contribution >= 0.6 is 0 Å². The van der Waals surface area contributed by atoms with Crippen molar-refractivity contribution in [1.29, 1.82) is 0 Å². The Kier molecular flexibility index (Phi) is 5.03. The van der Waals surface area contributed by atoms with Crippen LogP contribution in [0.2, 0.25) is 0 Å². The minimum atomic E-state index is -1.23. The summed E-state index contributed by atoms with van der Waals surface area (Å²) in [6.45, 7) is 0. The third-order valence-electron chi connectivity index (χ3n) is 4.72. The first-order valence-corrected chi connectivity index (χ1v) is 8.53. The molecule has 1 aliphatic carbocycles. The molecule has 0 saturated heterocycles. The molecular formula is C20H21NO4. The number of para-hydroxylation sites is 1. The molecule has 2 N–H and O–H groups in total. The van der Waals surface area contributed by atoms with E-state index in [1.165, 1.54) is 12.5 Å². The first-order chi connectivity index (χ1) is 12.1. The summed E-state index contributed by atoms with van der Waals surface area (Å²) in [5.74, 6) is -2.44. The molecular weight excluding hydrogens is 318 g/mol. The third-order valence-corrected chi connectivity index (χ3v) is 4.72. The summed E-state index contributed by atoms with van der Waals surface area (Å²) in [5, 5.41) is 19.1. The molecule has 25 heavy (non-hydrogen) atoms. The van der Waals surface area contributed by atoms with E-state index in [9.17, 15) is 19.8 Å². The molecule has 0 spiro atoms. The van der Waals surface area contributed by atoms with Gasteiger partial charge < -0.3 is 15.1 Å². The van der Waals surface area contributed by atoms with E-state index in [4.69, 9.17) is 0 Å². The van der Waals surface area contributed by atoms with E-state index in [0.717, 1.165) is 31.4 Å². The van der Waals surface area contributed by atoms with Gasteiger partial charge >= 0.3 is 11.9 Å². The Bertz CT molecular complexity index is 767. The molecule has 0 aliphatic heterocycles. The van der Waals surface area contributed by atoms with Gasteiger partial charge in [-0.2, -0.15) is 0 Å². The number of benzene rings is 2. The SMILES string of the molecule is O=C(O)c1cccc(N(c2ccccc2)C2CCCCC2)c1C(=O)O. The van der Waals surface area contributed by atoms with Crippen molar-refractivity contribution in [3.8, 4) is 0 Å². The van der Waals surface area contributed by atoms with Crippen LogP contribution < -0.4 is 4.90 Å². The molecule has 0 bridgehead atoms. The van der Waals surface area contributed by atoms with E-state index in [-0.39, 0.29) is 17.2 Å². The maximum atomic E-state index is 11.9. The van der Waals surface area contributed by atoms with Gasteiger partial charge in [0, 0.05) is 11.7 Å². The van der Waals surface area contributed by atoms with Crippen LogP contribution in [0, 0.1) is 0 Å². The summed E-state index contributed by atoms with van der Waals surface area (Å²) >= 11 is 0. The van der Waals surface area contributed by atoms with Crippen molar-refractivity contribution in [2.24, 2.45) is 0 Å². The van der Waals surface area contributed by atoms with Crippen molar-refractivity contribution in [1.82, 2.24) is 0 Å². The molecule has 1 aliphatic rings. The molecule has 0 amide bonds. The zero-order valence-corrected chi connectivity index (χ0v) is 13.9. The fraction of sp³-hybridized carbons (Fsp3) is 0.300. The number of aromatic carboxylic acids is 2. The van der Waals surface area contributed by atoms with Gasteiger partial charge in [-0.25, -0.2) is 9.59 Å². The molecule has 0 radical (unpaired) electrons. The quantitative estimate of drug-likeness (QED) is 0.835. The maximum absolute atomic E-state index is 11.9. The largest absolute Gasteiger partial charge is 0.478 e. The Hall–Kier alpha value is -2.82. The molecule has 3 rings (SSSR count). The van der Waals surface area contributed by atoms with E-state index in [1.807, 2.05) is 35.2 Å². The number of nitrogens with zero attached hydrogens (tertiary/aromatic N) is 1. The van der Waals surface area contributed by atoms with Gasteiger partial charge in [-0.1, -0.05) is 43.5 Å². The standard InChI is InChI=1S/C20H21NO4/c22-19(23)16-12-7-13-17(18(16)20(24)25)21(14-8-3-1-4-9-14)15-10-5-2-6-11-15/h1,3-4,7-9,12-13,15H,2,5-6,10-11H2,(H,22,23)(H,24,25). The second kappa shape index (κ2) is 7.38. The zero-order valence-electron chi connectivity index (χ0n) is 13.9. The van der Waals surface area contributed by atoms with Crippen LogP contribution in [0.1, 0.15) is 52.8 Å². The lowest BCUT2D eigenvalue weighted by Gasteiger charge is -2.37. The number of carbonyl (C=O) groups is 2. The highest BCUT2D eigenvalue weighted by Gasteiger charge is 2.29. The van der Waals surface area contributed by atoms with Gasteiger partial charge in [0.15, 0.2) is 0 Å². The van der Waals surface area contributed by atoms with Gasteiger partial charge in [-0.15, -0.1) is 0 Å². The van der Waals surface area contributed by atoms with Gasteiger partial charge in [0.25, 0.3) is 0 Å². The van der Waals surface area contributed by atoms with E-state index in [2.05, 4.69) is 0 Å². The highest BCUT2D eigenvalue weighted by molar-refractivity contribution is 6.06. The van der Waals surface area contributed by atoms with Crippen LogP contribution in [-0.4, -0.2) is 28.2 Å². The summed E-state index contributed by atoms with van der Waals surface area (Å²) in [6, 6.07) is 14.4. The van der Waals surface area contributed by atoms with Crippen molar-refractivity contribution in [2.45, 2.75) is 38.1 Å². The minimum Gasteiger partial charge on any atom is -0.478 e. The molecule has 0 atom stereocenters. The number of carboxylic acid groups (broad SMARTS) is 2. The number of hydrogen-bond acceptors (Lipinski definition) is 3. The first-order valence-electron chi connectivity index (χ1n) is 8.53. The van der Waals surface area contributed by atoms with Gasteiger partial charge in [0.1, 0.15) is 0 Å². The van der Waals surface area contributed by atoms with Gasteiger partial charge in [0.2, 0.25) is 0 Å². The van der Waals surface area contributed by atoms with E-state index < -0.39 is 11.9 Å². The summed E-state index contributed by atoms with van der Waals surface area (Å²) in [5.41, 5.74) is 1.01. The van der Waals surface area contributed by atoms with E-state index >= 15 is 0 Å². The Morgan fingerprint density at radius 3 is 2.12 bits per heavy atom. The summed E-state index contributed by atoms with van der Waals surface area (Å²) < 4.78 is 0. The number of carboxylic acids is 2. The Morgan fingerprint density at radius 1 is 0.840 bits per heavy atom. The van der Waals surface area contributed by atoms with Crippen molar-refractivity contribution < 1.29 is 19.8 Å². The van der Waals surface area contributed by atoms with Crippen molar-refractivity contribution in [3.63, 3.8) is 0 Å². The molecule has 0 heterocycles. The van der Waals surface area contributed by atoms with E-state index in [0.29, 0.717) is 5.69 Å². The zero-order chi connectivity index (χ0) is 17.8. The Morgan fingerprint density at radius 2 is 1.52 bits per heavy atom. The molecule has 2 aromatic rings. The maximum Gasteiger partial charge on any atom is 0.338 e. The second-order valence-corrected chi connectivity index (χ2v) is 6.31. The monoisotopic (exact) mass is 339 g/mol. The highest BCUT2D eigenvalue weighted by atomic mass is 16.4. The topological polar surface area (TPSA) is 77.8 Å². The van der Waals surface area contributed by atoms with Crippen LogP contribution in [0.25, 0.3) is 0 Å². The number of hydrogen-bond donors (Lipinski definition) is 2. The molecule has 5 nitrogen and oxygen atoms in total. The smallest absolute Gasteiger partial charge is 0.338 e. The molecule has 130 valence electrons. The highest BCUT2D eigenvalue weighted by Crippen LogP contribution is 2.37. The average molecular weight is 339 g/mol. The molecule has 1 fully saturated rings. The molecule has 0 aromatic heterocycles. The fourth-order valence-electron chi connectivity index (χ4n) is 3.62. The van der Waals surface area contributed by atoms with Crippen LogP contribution in [0.15, 0.2) is 48.5 Å². The van der Waals surface area contributed by atoms with Crippen molar-refractivity contribution in [3.05, 3.63) is 59.7 Å². The number of anilines is 2. The second-order valence-electron chi connectivity index (χ2n) is 6.31. The number of rotatable bonds is 5. The predicted octanol–water partition coefficient (Wildman–Crippen LogP) is 4.55. The van der Waals surface area contributed by atoms with Crippen LogP contribution in [0.5, 0.6) is 0 Å². The van der Waals surface area contributed by atoms with Gasteiger partial charge in [-0.05, 0) is 37.1 Å². The van der Waals surface area contributed by atoms with Gasteiger partial charge in [0.05, 0.1) is 16.8 Å². The van der Waals surface area contributed by atoms with Gasteiger partial charge in [-0.3, -0.25) is 0 Å². The lowest BCUT2D eigenvalue weighted by molar-refractivity contribution is 0.0652. The third kappa shape index (κ3) is 3.50. The molecule has 1 saturated carbocycles. The summed E-state index contributed by atoms with van der Waals surface area (Å²) in [7, 11) is 0. The molecule has 0 unspecified atom stereocenters. The molecule has 2 aromatic carbocycles. The van der Waals surface area contributed by atoms with Crippen LogP contribution in [-0.2, 0) is 0 Å². The van der Waals surface area contributed by atoms with Crippen LogP contribution in [0.4, 0.5) is 11.4 Å². The summed E-state index contributed by atoms with van der Waals surface area (Å²) in [4.78, 5) is 25.4.